The normalized spacial score (nSPS) is 11.2. The maximum Gasteiger partial charge on any atom is 0.122 e. The molecule has 90 valence electrons. The van der Waals surface area contributed by atoms with E-state index in [1.165, 1.54) is 11.1 Å². The summed E-state index contributed by atoms with van der Waals surface area (Å²) in [6.07, 6.45) is 1.12. The first-order chi connectivity index (χ1) is 7.50. The molecule has 0 spiro atoms. The van der Waals surface area contributed by atoms with Crippen LogP contribution in [0, 0.1) is 12.8 Å². The Hall–Kier alpha value is -0.980. The molecule has 16 heavy (non-hydrogen) atoms. The van der Waals surface area contributed by atoms with Gasteiger partial charge in [0.1, 0.15) is 5.75 Å². The first-order valence-corrected chi connectivity index (χ1v) is 6.24. The molecule has 1 aromatic rings. The minimum Gasteiger partial charge on any atom is -0.493 e. The van der Waals surface area contributed by atoms with Gasteiger partial charge in [0.2, 0.25) is 0 Å². The first-order valence-electron chi connectivity index (χ1n) is 6.24. The van der Waals surface area contributed by atoms with Crippen molar-refractivity contribution in [3.05, 3.63) is 29.3 Å². The van der Waals surface area contributed by atoms with Gasteiger partial charge in [-0.05, 0) is 42.4 Å². The highest BCUT2D eigenvalue weighted by Crippen LogP contribution is 2.27. The van der Waals surface area contributed by atoms with Crippen LogP contribution in [-0.2, 0) is 0 Å². The van der Waals surface area contributed by atoms with E-state index in [0.717, 1.165) is 18.8 Å². The topological polar surface area (TPSA) is 9.23 Å². The molecule has 1 aromatic carbocycles. The predicted octanol–water partition coefficient (Wildman–Crippen LogP) is 4.54. The van der Waals surface area contributed by atoms with E-state index in [9.17, 15) is 0 Å². The average molecular weight is 220 g/mol. The highest BCUT2D eigenvalue weighted by atomic mass is 16.5. The van der Waals surface area contributed by atoms with E-state index in [-0.39, 0.29) is 0 Å². The Kier molecular flexibility index (Phi) is 4.85. The predicted molar refractivity (Wildman–Crippen MR) is 70.2 cm³/mol. The number of rotatable bonds is 5. The molecular weight excluding hydrogens is 196 g/mol. The zero-order valence-corrected chi connectivity index (χ0v) is 11.2. The van der Waals surface area contributed by atoms with E-state index in [0.29, 0.717) is 11.8 Å². The van der Waals surface area contributed by atoms with Gasteiger partial charge in [-0.1, -0.05) is 39.8 Å². The molecule has 0 amide bonds. The lowest BCUT2D eigenvalue weighted by Gasteiger charge is -2.15. The van der Waals surface area contributed by atoms with Gasteiger partial charge in [-0.3, -0.25) is 0 Å². The van der Waals surface area contributed by atoms with Crippen LogP contribution in [0.3, 0.4) is 0 Å². The summed E-state index contributed by atoms with van der Waals surface area (Å²) in [6, 6.07) is 6.49. The number of ether oxygens (including phenoxy) is 1. The standard InChI is InChI=1S/C15H24O/c1-11(2)8-9-16-15-10-13(5)6-7-14(15)12(3)4/h6-7,10-12H,8-9H2,1-5H3. The van der Waals surface area contributed by atoms with Crippen LogP contribution < -0.4 is 4.74 Å². The lowest BCUT2D eigenvalue weighted by Crippen LogP contribution is -2.04. The smallest absolute Gasteiger partial charge is 0.122 e. The third-order valence-electron chi connectivity index (χ3n) is 2.74. The van der Waals surface area contributed by atoms with Crippen molar-refractivity contribution in [1.82, 2.24) is 0 Å². The van der Waals surface area contributed by atoms with Crippen LogP contribution in [0.25, 0.3) is 0 Å². The molecule has 0 saturated carbocycles. The van der Waals surface area contributed by atoms with Gasteiger partial charge in [0.25, 0.3) is 0 Å². The second-order valence-electron chi connectivity index (χ2n) is 5.23. The van der Waals surface area contributed by atoms with Crippen LogP contribution in [0.5, 0.6) is 5.75 Å². The summed E-state index contributed by atoms with van der Waals surface area (Å²) in [5.41, 5.74) is 2.58. The van der Waals surface area contributed by atoms with Gasteiger partial charge in [-0.25, -0.2) is 0 Å². The van der Waals surface area contributed by atoms with Crippen molar-refractivity contribution < 1.29 is 4.74 Å². The molecule has 0 unspecified atom stereocenters. The molecule has 0 saturated heterocycles. The number of aryl methyl sites for hydroxylation is 1. The molecule has 0 bridgehead atoms. The quantitative estimate of drug-likeness (QED) is 0.707. The fourth-order valence-corrected chi connectivity index (χ4v) is 1.65. The number of benzene rings is 1. The average Bonchev–Trinajstić information content (AvgIpc) is 2.16. The molecular formula is C15H24O. The Balaban J connectivity index is 2.72. The van der Waals surface area contributed by atoms with Crippen molar-refractivity contribution in [3.63, 3.8) is 0 Å². The van der Waals surface area contributed by atoms with Crippen molar-refractivity contribution in [2.75, 3.05) is 6.61 Å². The monoisotopic (exact) mass is 220 g/mol. The van der Waals surface area contributed by atoms with Gasteiger partial charge >= 0.3 is 0 Å². The first kappa shape index (κ1) is 13.1. The largest absolute Gasteiger partial charge is 0.493 e. The summed E-state index contributed by atoms with van der Waals surface area (Å²) in [6.45, 7) is 11.8. The van der Waals surface area contributed by atoms with Crippen LogP contribution in [0.2, 0.25) is 0 Å². The van der Waals surface area contributed by atoms with Gasteiger partial charge in [0, 0.05) is 0 Å². The summed E-state index contributed by atoms with van der Waals surface area (Å²) >= 11 is 0. The molecule has 0 aliphatic rings. The molecule has 1 rings (SSSR count). The molecule has 0 aliphatic carbocycles. The van der Waals surface area contributed by atoms with Gasteiger partial charge < -0.3 is 4.74 Å². The second kappa shape index (κ2) is 5.93. The van der Waals surface area contributed by atoms with Gasteiger partial charge in [-0.15, -0.1) is 0 Å². The Morgan fingerprint density at radius 1 is 1.12 bits per heavy atom. The fraction of sp³-hybridized carbons (Fsp3) is 0.600. The highest BCUT2D eigenvalue weighted by Gasteiger charge is 2.08. The van der Waals surface area contributed by atoms with Crippen LogP contribution in [0.15, 0.2) is 18.2 Å². The Morgan fingerprint density at radius 2 is 1.81 bits per heavy atom. The van der Waals surface area contributed by atoms with E-state index in [1.54, 1.807) is 0 Å². The van der Waals surface area contributed by atoms with Crippen molar-refractivity contribution in [1.29, 1.82) is 0 Å². The van der Waals surface area contributed by atoms with Crippen LogP contribution in [-0.4, -0.2) is 6.61 Å². The number of hydrogen-bond donors (Lipinski definition) is 0. The second-order valence-corrected chi connectivity index (χ2v) is 5.23. The minimum atomic E-state index is 0.523. The highest BCUT2D eigenvalue weighted by molar-refractivity contribution is 5.39. The van der Waals surface area contributed by atoms with Crippen molar-refractivity contribution in [2.45, 2.75) is 47.0 Å². The molecule has 0 N–H and O–H groups in total. The third kappa shape index (κ3) is 3.88. The maximum absolute atomic E-state index is 5.89. The van der Waals surface area contributed by atoms with Crippen molar-refractivity contribution in [3.8, 4) is 5.75 Å². The van der Waals surface area contributed by atoms with Gasteiger partial charge in [-0.2, -0.15) is 0 Å². The summed E-state index contributed by atoms with van der Waals surface area (Å²) in [5, 5.41) is 0. The van der Waals surface area contributed by atoms with Crippen LogP contribution >= 0.6 is 0 Å². The Labute approximate surface area is 99.8 Å². The van der Waals surface area contributed by atoms with Gasteiger partial charge in [0.15, 0.2) is 0 Å². The van der Waals surface area contributed by atoms with Crippen molar-refractivity contribution in [2.24, 2.45) is 5.92 Å². The zero-order valence-electron chi connectivity index (χ0n) is 11.2. The summed E-state index contributed by atoms with van der Waals surface area (Å²) in [7, 11) is 0. The van der Waals surface area contributed by atoms with E-state index in [1.807, 2.05) is 0 Å². The molecule has 0 fully saturated rings. The Morgan fingerprint density at radius 3 is 2.38 bits per heavy atom. The zero-order chi connectivity index (χ0) is 12.1. The lowest BCUT2D eigenvalue weighted by molar-refractivity contribution is 0.286. The summed E-state index contributed by atoms with van der Waals surface area (Å²) in [4.78, 5) is 0. The molecule has 0 atom stereocenters. The number of hydrogen-bond acceptors (Lipinski definition) is 1. The van der Waals surface area contributed by atoms with Gasteiger partial charge in [0.05, 0.1) is 6.61 Å². The van der Waals surface area contributed by atoms with E-state index < -0.39 is 0 Å². The molecule has 1 heteroatoms. The lowest BCUT2D eigenvalue weighted by atomic mass is 10.0. The molecule has 0 radical (unpaired) electrons. The fourth-order valence-electron chi connectivity index (χ4n) is 1.65. The minimum absolute atomic E-state index is 0.523. The molecule has 1 nitrogen and oxygen atoms in total. The molecule has 0 heterocycles. The van der Waals surface area contributed by atoms with Crippen molar-refractivity contribution >= 4 is 0 Å². The van der Waals surface area contributed by atoms with Crippen LogP contribution in [0.1, 0.15) is 51.2 Å². The van der Waals surface area contributed by atoms with E-state index in [2.05, 4.69) is 52.8 Å². The van der Waals surface area contributed by atoms with E-state index in [4.69, 9.17) is 4.74 Å². The molecule has 0 aromatic heterocycles. The third-order valence-corrected chi connectivity index (χ3v) is 2.74. The Bertz CT molecular complexity index is 326. The summed E-state index contributed by atoms with van der Waals surface area (Å²) in [5.74, 6) is 2.29. The van der Waals surface area contributed by atoms with E-state index >= 15 is 0 Å². The van der Waals surface area contributed by atoms with Crippen LogP contribution in [0.4, 0.5) is 0 Å². The molecule has 0 aliphatic heterocycles. The maximum atomic E-state index is 5.89. The summed E-state index contributed by atoms with van der Waals surface area (Å²) < 4.78 is 5.89. The SMILES string of the molecule is Cc1ccc(C(C)C)c(OCCC(C)C)c1.